The van der Waals surface area contributed by atoms with Crippen LogP contribution in [0.3, 0.4) is 0 Å². The molecule has 9 aromatic rings. The average molecular weight is 1070 g/mol. The maximum atomic E-state index is 12.0. The third-order valence-corrected chi connectivity index (χ3v) is 14.1. The second kappa shape index (κ2) is 18.3. The van der Waals surface area contributed by atoms with Crippen LogP contribution in [0, 0.1) is 6.07 Å². The molecule has 0 bridgehead atoms. The molecule has 68 heavy (non-hydrogen) atoms. The Bertz CT molecular complexity index is 3280. The summed E-state index contributed by atoms with van der Waals surface area (Å²) < 4.78 is 2.28. The molecule has 1 N–H and O–H groups in total. The minimum atomic E-state index is -0.162. The van der Waals surface area contributed by atoms with Gasteiger partial charge in [-0.1, -0.05) is 176 Å². The number of phenols is 1. The summed E-state index contributed by atoms with van der Waals surface area (Å²) in [6.45, 7) is 18.1. The fourth-order valence-electron chi connectivity index (χ4n) is 9.88. The summed E-state index contributed by atoms with van der Waals surface area (Å²) in [5.41, 5.74) is 18.9. The summed E-state index contributed by atoms with van der Waals surface area (Å²) in [6.07, 6.45) is 6.17. The van der Waals surface area contributed by atoms with Crippen LogP contribution >= 0.6 is 0 Å². The third-order valence-electron chi connectivity index (χ3n) is 14.1. The van der Waals surface area contributed by atoms with E-state index in [2.05, 4.69) is 218 Å². The van der Waals surface area contributed by atoms with Crippen LogP contribution in [-0.2, 0) is 50.2 Å². The Kier molecular flexibility index (Phi) is 12.6. The second-order valence-corrected chi connectivity index (χ2v) is 21.1. The van der Waals surface area contributed by atoms with E-state index in [0.29, 0.717) is 5.82 Å². The Labute approximate surface area is 417 Å². The average Bonchev–Trinajstić information content (AvgIpc) is 3.73. The molecule has 0 saturated carbocycles. The molecule has 0 saturated heterocycles. The predicted octanol–water partition coefficient (Wildman–Crippen LogP) is 16.1. The summed E-state index contributed by atoms with van der Waals surface area (Å²) >= 11 is 0. The number of rotatable bonds is 8. The van der Waals surface area contributed by atoms with Crippen molar-refractivity contribution in [2.24, 2.45) is 0 Å². The van der Waals surface area contributed by atoms with Crippen molar-refractivity contribution >= 4 is 11.0 Å². The molecule has 7 aromatic carbocycles. The number of nitrogens with zero attached hydrogens (tertiary/aromatic N) is 3. The number of hydrogen-bond acceptors (Lipinski definition) is 3. The molecule has 4 nitrogen and oxygen atoms in total. The number of phenolic OH excluding ortho intramolecular Hbond substituents is 1. The van der Waals surface area contributed by atoms with Crippen molar-refractivity contribution in [3.05, 3.63) is 203 Å². The smallest absolute Gasteiger partial charge is 0.148 e. The molecule has 0 aliphatic heterocycles. The van der Waals surface area contributed by atoms with E-state index in [4.69, 9.17) is 9.97 Å². The zero-order valence-corrected chi connectivity index (χ0v) is 42.8. The molecule has 0 amide bonds. The van der Waals surface area contributed by atoms with Crippen molar-refractivity contribution in [3.8, 4) is 67.5 Å². The Balaban J connectivity index is 0.00000578. The van der Waals surface area contributed by atoms with Crippen LogP contribution in [-0.4, -0.2) is 19.6 Å². The van der Waals surface area contributed by atoms with E-state index < -0.39 is 0 Å². The van der Waals surface area contributed by atoms with Gasteiger partial charge in [0.1, 0.15) is 11.6 Å². The predicted molar refractivity (Wildman–Crippen MR) is 279 cm³/mol. The van der Waals surface area contributed by atoms with Gasteiger partial charge in [0.05, 0.1) is 22.3 Å². The number of imidazole rings is 1. The molecule has 10 rings (SSSR count). The van der Waals surface area contributed by atoms with E-state index in [1.165, 1.54) is 33.4 Å². The fraction of sp³-hybridized carbons (Fsp3) is 0.238. The van der Waals surface area contributed by atoms with Crippen molar-refractivity contribution in [3.63, 3.8) is 0 Å². The molecule has 0 unspecified atom stereocenters. The summed E-state index contributed by atoms with van der Waals surface area (Å²) in [6, 6.07) is 60.5. The molecular weight excluding hydrogens is 1010 g/mol. The second-order valence-electron chi connectivity index (χ2n) is 21.1. The van der Waals surface area contributed by atoms with Gasteiger partial charge in [-0.2, -0.15) is 0 Å². The molecule has 5 heteroatoms. The van der Waals surface area contributed by atoms with E-state index in [-0.39, 0.29) is 43.1 Å². The maximum Gasteiger partial charge on any atom is 0.148 e. The molecular formula is C63H60N3OPt-. The van der Waals surface area contributed by atoms with Crippen molar-refractivity contribution in [1.82, 2.24) is 14.5 Å². The van der Waals surface area contributed by atoms with Gasteiger partial charge in [0.2, 0.25) is 0 Å². The van der Waals surface area contributed by atoms with Crippen LogP contribution in [0.5, 0.6) is 5.75 Å². The summed E-state index contributed by atoms with van der Waals surface area (Å²) in [4.78, 5) is 10.6. The monoisotopic (exact) mass is 1070 g/mol. The molecule has 1 aliphatic rings. The van der Waals surface area contributed by atoms with E-state index in [9.17, 15) is 5.11 Å². The summed E-state index contributed by atoms with van der Waals surface area (Å²) in [7, 11) is 0. The van der Waals surface area contributed by atoms with Gasteiger partial charge in [0.15, 0.2) is 0 Å². The standard InChI is InChI=1S/C63H60N3O.Pt/c1-61(2,3)50-30-31-56(53(40-50)42-18-11-9-12-19-42)66-57-25-17-24-52(59(57)65-60(66)54-37-43-20-15-16-21-44(43)39-58(54)67)46-34-47(36-51(35-46)62(4,5)6)55-38-45(32-33-64-55)41-26-28-49(29-27-41)63(7,8)48-22-13-10-14-23-48;/h9-14,17-19,22-33,35-40,67H,15-16,20-21H2,1-8H3;/q-1;. The number of aromatic hydroxyl groups is 1. The number of fused-ring (bicyclic) bond motifs is 2. The first-order valence-electron chi connectivity index (χ1n) is 23.9. The summed E-state index contributed by atoms with van der Waals surface area (Å²) in [5, 5.41) is 12.0. The Hall–Kier alpha value is -6.35. The number of benzene rings is 7. The number of pyridine rings is 1. The van der Waals surface area contributed by atoms with Crippen LogP contribution in [0.2, 0.25) is 0 Å². The van der Waals surface area contributed by atoms with Gasteiger partial charge >= 0.3 is 0 Å². The molecule has 0 spiro atoms. The Morgan fingerprint density at radius 2 is 1.15 bits per heavy atom. The minimum Gasteiger partial charge on any atom is -0.507 e. The summed E-state index contributed by atoms with van der Waals surface area (Å²) in [5.74, 6) is 0.976. The number of hydrogen-bond donors (Lipinski definition) is 1. The quantitative estimate of drug-likeness (QED) is 0.154. The third kappa shape index (κ3) is 8.92. The Morgan fingerprint density at radius 1 is 0.515 bits per heavy atom. The van der Waals surface area contributed by atoms with Crippen molar-refractivity contribution in [2.75, 3.05) is 0 Å². The topological polar surface area (TPSA) is 50.9 Å². The van der Waals surface area contributed by atoms with Gasteiger partial charge in [0.25, 0.3) is 0 Å². The molecule has 0 atom stereocenters. The van der Waals surface area contributed by atoms with E-state index >= 15 is 0 Å². The van der Waals surface area contributed by atoms with Gasteiger partial charge in [0, 0.05) is 43.9 Å². The number of para-hydroxylation sites is 1. The molecule has 0 radical (unpaired) electrons. The van der Waals surface area contributed by atoms with Gasteiger partial charge in [-0.25, -0.2) is 4.98 Å². The zero-order chi connectivity index (χ0) is 46.7. The molecule has 2 aromatic heterocycles. The normalized spacial score (nSPS) is 13.0. The molecule has 0 fully saturated rings. The molecule has 1 aliphatic carbocycles. The van der Waals surface area contributed by atoms with Crippen LogP contribution in [0.15, 0.2) is 164 Å². The van der Waals surface area contributed by atoms with Gasteiger partial charge < -0.3 is 5.11 Å². The van der Waals surface area contributed by atoms with E-state index in [1.54, 1.807) is 0 Å². The zero-order valence-electron chi connectivity index (χ0n) is 40.5. The first-order chi connectivity index (χ1) is 32.1. The van der Waals surface area contributed by atoms with Gasteiger partial charge in [-0.3, -0.25) is 9.55 Å². The molecule has 344 valence electrons. The SMILES string of the molecule is CC(C)(C)c1cc(-c2cc(-c3ccc(C(C)(C)c4ccccc4)cc3)ccn2)[c-]c(-c2cccc3c2nc(-c2cc4c(cc2O)CCCC4)n3-c2ccc(C(C)(C)C)cc2-c2ccccc2)c1.[Pt]. The van der Waals surface area contributed by atoms with Crippen LogP contribution in [0.25, 0.3) is 72.7 Å². The number of aromatic nitrogens is 3. The maximum absolute atomic E-state index is 12.0. The van der Waals surface area contributed by atoms with Crippen molar-refractivity contribution < 1.29 is 26.2 Å². The number of aryl methyl sites for hydroxylation is 2. The first kappa shape index (κ1) is 46.7. The minimum absolute atomic E-state index is 0. The van der Waals surface area contributed by atoms with Crippen molar-refractivity contribution in [1.29, 1.82) is 0 Å². The van der Waals surface area contributed by atoms with Crippen LogP contribution < -0.4 is 0 Å². The van der Waals surface area contributed by atoms with E-state index in [1.807, 2.05) is 12.3 Å². The largest absolute Gasteiger partial charge is 0.507 e. The van der Waals surface area contributed by atoms with Crippen LogP contribution in [0.1, 0.15) is 102 Å². The first-order valence-corrected chi connectivity index (χ1v) is 23.9. The molecule has 2 heterocycles. The van der Waals surface area contributed by atoms with E-state index in [0.717, 1.165) is 92.6 Å². The Morgan fingerprint density at radius 3 is 1.84 bits per heavy atom. The fourth-order valence-corrected chi connectivity index (χ4v) is 9.88. The van der Waals surface area contributed by atoms with Gasteiger partial charge in [-0.15, -0.1) is 29.3 Å². The van der Waals surface area contributed by atoms with Gasteiger partial charge in [-0.05, 0) is 117 Å². The van der Waals surface area contributed by atoms with Crippen molar-refractivity contribution in [2.45, 2.75) is 97.3 Å². The van der Waals surface area contributed by atoms with Crippen LogP contribution in [0.4, 0.5) is 0 Å².